The molecule has 2 N–H and O–H groups in total. The summed E-state index contributed by atoms with van der Waals surface area (Å²) in [6, 6.07) is 5.65. The SMILES string of the molecule is C[C@H]1CN(CC(=O)NC2CC(C)(O)C2)C(=O)c2ccc(Br)cc21. The molecular formula is C17H21BrN2O3. The van der Waals surface area contributed by atoms with E-state index in [0.717, 1.165) is 10.0 Å². The molecule has 1 fully saturated rings. The number of nitrogens with zero attached hydrogens (tertiary/aromatic N) is 1. The first-order chi connectivity index (χ1) is 10.7. The molecule has 1 heterocycles. The highest BCUT2D eigenvalue weighted by atomic mass is 79.9. The number of rotatable bonds is 3. The van der Waals surface area contributed by atoms with E-state index in [9.17, 15) is 14.7 Å². The molecular weight excluding hydrogens is 360 g/mol. The Balaban J connectivity index is 1.64. The van der Waals surface area contributed by atoms with Crippen molar-refractivity contribution in [2.75, 3.05) is 13.1 Å². The van der Waals surface area contributed by atoms with Crippen LogP contribution < -0.4 is 5.32 Å². The van der Waals surface area contributed by atoms with Crippen LogP contribution in [0.5, 0.6) is 0 Å². The van der Waals surface area contributed by atoms with Crippen LogP contribution >= 0.6 is 15.9 Å². The van der Waals surface area contributed by atoms with E-state index >= 15 is 0 Å². The maximum atomic E-state index is 12.6. The highest BCUT2D eigenvalue weighted by molar-refractivity contribution is 9.10. The van der Waals surface area contributed by atoms with Gasteiger partial charge in [0, 0.05) is 22.6 Å². The third-order valence-electron chi connectivity index (χ3n) is 4.63. The van der Waals surface area contributed by atoms with Crippen molar-refractivity contribution in [1.29, 1.82) is 0 Å². The summed E-state index contributed by atoms with van der Waals surface area (Å²) < 4.78 is 0.958. The van der Waals surface area contributed by atoms with Crippen molar-refractivity contribution < 1.29 is 14.7 Å². The van der Waals surface area contributed by atoms with Crippen molar-refractivity contribution in [1.82, 2.24) is 10.2 Å². The van der Waals surface area contributed by atoms with E-state index in [0.29, 0.717) is 24.9 Å². The summed E-state index contributed by atoms with van der Waals surface area (Å²) in [5.41, 5.74) is 1.03. The Kier molecular flexibility index (Phi) is 4.23. The predicted molar refractivity (Wildman–Crippen MR) is 90.2 cm³/mol. The van der Waals surface area contributed by atoms with Crippen LogP contribution in [0.2, 0.25) is 0 Å². The van der Waals surface area contributed by atoms with E-state index in [-0.39, 0.29) is 30.3 Å². The van der Waals surface area contributed by atoms with Crippen LogP contribution in [0.1, 0.15) is 48.5 Å². The number of nitrogens with one attached hydrogen (secondary N) is 1. The minimum absolute atomic E-state index is 0.0121. The summed E-state index contributed by atoms with van der Waals surface area (Å²) in [4.78, 5) is 26.3. The van der Waals surface area contributed by atoms with Crippen molar-refractivity contribution in [2.45, 2.75) is 44.2 Å². The smallest absolute Gasteiger partial charge is 0.254 e. The minimum Gasteiger partial charge on any atom is -0.390 e. The number of fused-ring (bicyclic) bond motifs is 1. The molecule has 3 rings (SSSR count). The summed E-state index contributed by atoms with van der Waals surface area (Å²) in [5, 5.41) is 12.6. The zero-order chi connectivity index (χ0) is 16.8. The largest absolute Gasteiger partial charge is 0.390 e. The number of amides is 2. The van der Waals surface area contributed by atoms with E-state index in [4.69, 9.17) is 0 Å². The molecule has 0 saturated heterocycles. The average molecular weight is 381 g/mol. The van der Waals surface area contributed by atoms with Gasteiger partial charge in [-0.3, -0.25) is 9.59 Å². The molecule has 23 heavy (non-hydrogen) atoms. The number of halogens is 1. The molecule has 0 spiro atoms. The number of carbonyl (C=O) groups excluding carboxylic acids is 2. The minimum atomic E-state index is -0.667. The van der Waals surface area contributed by atoms with Crippen LogP contribution in [0.3, 0.4) is 0 Å². The second-order valence-electron chi connectivity index (χ2n) is 6.99. The number of benzene rings is 1. The van der Waals surface area contributed by atoms with Gasteiger partial charge in [0.1, 0.15) is 0 Å². The number of hydrogen-bond acceptors (Lipinski definition) is 3. The fourth-order valence-electron chi connectivity index (χ4n) is 3.51. The van der Waals surface area contributed by atoms with Crippen molar-refractivity contribution >= 4 is 27.7 Å². The van der Waals surface area contributed by atoms with Crippen molar-refractivity contribution in [3.05, 3.63) is 33.8 Å². The normalized spacial score (nSPS) is 29.7. The highest BCUT2D eigenvalue weighted by Crippen LogP contribution is 2.32. The molecule has 1 aromatic rings. The Hall–Kier alpha value is -1.40. The molecule has 0 bridgehead atoms. The van der Waals surface area contributed by atoms with Gasteiger partial charge in [0.15, 0.2) is 0 Å². The van der Waals surface area contributed by atoms with Crippen molar-refractivity contribution in [3.8, 4) is 0 Å². The number of aliphatic hydroxyl groups is 1. The molecule has 1 aliphatic carbocycles. The molecule has 1 saturated carbocycles. The molecule has 1 aliphatic heterocycles. The van der Waals surface area contributed by atoms with E-state index in [2.05, 4.69) is 28.2 Å². The Bertz CT molecular complexity index is 651. The van der Waals surface area contributed by atoms with Gasteiger partial charge in [-0.2, -0.15) is 0 Å². The average Bonchev–Trinajstić information content (AvgIpc) is 2.42. The molecule has 1 atom stereocenters. The van der Waals surface area contributed by atoms with Gasteiger partial charge in [0.25, 0.3) is 5.91 Å². The Morgan fingerprint density at radius 3 is 2.83 bits per heavy atom. The molecule has 2 amide bonds. The second-order valence-corrected chi connectivity index (χ2v) is 7.90. The lowest BCUT2D eigenvalue weighted by molar-refractivity contribution is -0.125. The third-order valence-corrected chi connectivity index (χ3v) is 5.12. The van der Waals surface area contributed by atoms with Gasteiger partial charge in [-0.1, -0.05) is 22.9 Å². The van der Waals surface area contributed by atoms with Gasteiger partial charge in [0.2, 0.25) is 5.91 Å². The lowest BCUT2D eigenvalue weighted by Crippen LogP contribution is -2.55. The standard InChI is InChI=1S/C17H21BrN2O3/c1-10-8-20(9-15(21)19-12-6-17(2,23)7-12)16(22)13-4-3-11(18)5-14(10)13/h3-5,10,12,23H,6-9H2,1-2H3,(H,19,21)/t10-,12?,17?/m0/s1. The van der Waals surface area contributed by atoms with E-state index in [1.165, 1.54) is 0 Å². The number of carbonyl (C=O) groups is 2. The van der Waals surface area contributed by atoms with Crippen LogP contribution in [0.15, 0.2) is 22.7 Å². The topological polar surface area (TPSA) is 69.6 Å². The summed E-state index contributed by atoms with van der Waals surface area (Å²) >= 11 is 3.43. The van der Waals surface area contributed by atoms with Gasteiger partial charge >= 0.3 is 0 Å². The Labute approximate surface area is 144 Å². The Morgan fingerprint density at radius 2 is 2.17 bits per heavy atom. The van der Waals surface area contributed by atoms with Gasteiger partial charge < -0.3 is 15.3 Å². The molecule has 2 aliphatic rings. The van der Waals surface area contributed by atoms with E-state index in [1.54, 1.807) is 11.8 Å². The predicted octanol–water partition coefficient (Wildman–Crippen LogP) is 2.04. The van der Waals surface area contributed by atoms with Gasteiger partial charge in [-0.15, -0.1) is 0 Å². The first-order valence-electron chi connectivity index (χ1n) is 7.86. The first-order valence-corrected chi connectivity index (χ1v) is 8.65. The highest BCUT2D eigenvalue weighted by Gasteiger charge is 2.39. The maximum Gasteiger partial charge on any atom is 0.254 e. The summed E-state index contributed by atoms with van der Waals surface area (Å²) in [6.45, 7) is 4.43. The summed E-state index contributed by atoms with van der Waals surface area (Å²) in [5.74, 6) is -0.0644. The van der Waals surface area contributed by atoms with Crippen LogP contribution in [0.4, 0.5) is 0 Å². The van der Waals surface area contributed by atoms with Crippen LogP contribution in [0, 0.1) is 0 Å². The zero-order valence-corrected chi connectivity index (χ0v) is 14.9. The zero-order valence-electron chi connectivity index (χ0n) is 13.3. The molecule has 0 aromatic heterocycles. The van der Waals surface area contributed by atoms with Crippen LogP contribution in [-0.4, -0.2) is 46.6 Å². The quantitative estimate of drug-likeness (QED) is 0.842. The molecule has 1 aromatic carbocycles. The van der Waals surface area contributed by atoms with Crippen LogP contribution in [-0.2, 0) is 4.79 Å². The molecule has 0 unspecified atom stereocenters. The molecule has 6 heteroatoms. The molecule has 5 nitrogen and oxygen atoms in total. The lowest BCUT2D eigenvalue weighted by Gasteiger charge is -2.41. The first kappa shape index (κ1) is 16.5. The third kappa shape index (κ3) is 3.43. The van der Waals surface area contributed by atoms with Crippen LogP contribution in [0.25, 0.3) is 0 Å². The van der Waals surface area contributed by atoms with Gasteiger partial charge in [0.05, 0.1) is 12.1 Å². The second kappa shape index (κ2) is 5.91. The fourth-order valence-corrected chi connectivity index (χ4v) is 3.88. The maximum absolute atomic E-state index is 12.6. The van der Waals surface area contributed by atoms with Gasteiger partial charge in [-0.25, -0.2) is 0 Å². The fraction of sp³-hybridized carbons (Fsp3) is 0.529. The van der Waals surface area contributed by atoms with Crippen molar-refractivity contribution in [2.24, 2.45) is 0 Å². The van der Waals surface area contributed by atoms with Crippen molar-refractivity contribution in [3.63, 3.8) is 0 Å². The van der Waals surface area contributed by atoms with E-state index in [1.807, 2.05) is 18.2 Å². The monoisotopic (exact) mass is 380 g/mol. The van der Waals surface area contributed by atoms with E-state index < -0.39 is 5.60 Å². The number of hydrogen-bond donors (Lipinski definition) is 2. The summed E-state index contributed by atoms with van der Waals surface area (Å²) in [6.07, 6.45) is 1.14. The van der Waals surface area contributed by atoms with Gasteiger partial charge in [-0.05, 0) is 49.4 Å². The summed E-state index contributed by atoms with van der Waals surface area (Å²) in [7, 11) is 0. The molecule has 124 valence electrons. The Morgan fingerprint density at radius 1 is 1.48 bits per heavy atom. The lowest BCUT2D eigenvalue weighted by atomic mass is 9.77. The molecule has 0 radical (unpaired) electrons.